The first-order chi connectivity index (χ1) is 12.1. The van der Waals surface area contributed by atoms with Crippen molar-refractivity contribution in [3.63, 3.8) is 0 Å². The van der Waals surface area contributed by atoms with Gasteiger partial charge in [-0.25, -0.2) is 5.43 Å². The van der Waals surface area contributed by atoms with Crippen LogP contribution in [0.25, 0.3) is 10.9 Å². The highest BCUT2D eigenvalue weighted by molar-refractivity contribution is 6.08. The summed E-state index contributed by atoms with van der Waals surface area (Å²) in [5, 5.41) is 5.06. The van der Waals surface area contributed by atoms with E-state index >= 15 is 0 Å². The molecule has 1 amide bonds. The highest BCUT2D eigenvalue weighted by Crippen LogP contribution is 2.25. The fourth-order valence-corrected chi connectivity index (χ4v) is 2.61. The van der Waals surface area contributed by atoms with Crippen LogP contribution in [0.2, 0.25) is 0 Å². The Morgan fingerprint density at radius 3 is 2.64 bits per heavy atom. The minimum Gasteiger partial charge on any atom is -0.497 e. The second-order valence-electron chi connectivity index (χ2n) is 5.45. The van der Waals surface area contributed by atoms with E-state index < -0.39 is 0 Å². The topological polar surface area (TPSA) is 75.7 Å². The van der Waals surface area contributed by atoms with Gasteiger partial charge in [-0.15, -0.1) is 0 Å². The van der Waals surface area contributed by atoms with Gasteiger partial charge in [-0.3, -0.25) is 4.79 Å². The normalized spacial score (nSPS) is 11.4. The molecule has 0 bridgehead atoms. The quantitative estimate of drug-likeness (QED) is 0.554. The van der Waals surface area contributed by atoms with Gasteiger partial charge in [-0.1, -0.05) is 18.2 Å². The van der Waals surface area contributed by atoms with E-state index in [2.05, 4.69) is 15.5 Å². The molecule has 128 valence electrons. The van der Waals surface area contributed by atoms with Crippen molar-refractivity contribution >= 4 is 22.5 Å². The maximum absolute atomic E-state index is 12.4. The largest absolute Gasteiger partial charge is 0.497 e. The van der Waals surface area contributed by atoms with Crippen LogP contribution in [-0.4, -0.2) is 30.8 Å². The molecule has 0 atom stereocenters. The average Bonchev–Trinajstić information content (AvgIpc) is 3.09. The lowest BCUT2D eigenvalue weighted by Crippen LogP contribution is -2.19. The van der Waals surface area contributed by atoms with Crippen LogP contribution in [0.5, 0.6) is 11.5 Å². The molecule has 0 radical (unpaired) electrons. The van der Waals surface area contributed by atoms with Gasteiger partial charge in [-0.2, -0.15) is 5.10 Å². The van der Waals surface area contributed by atoms with E-state index in [4.69, 9.17) is 9.47 Å². The zero-order valence-corrected chi connectivity index (χ0v) is 14.3. The number of rotatable bonds is 5. The Balaban J connectivity index is 1.83. The predicted molar refractivity (Wildman–Crippen MR) is 97.5 cm³/mol. The van der Waals surface area contributed by atoms with Gasteiger partial charge in [0.1, 0.15) is 11.5 Å². The smallest absolute Gasteiger partial charge is 0.273 e. The molecule has 0 saturated carbocycles. The Labute approximate surface area is 145 Å². The molecule has 0 aliphatic heterocycles. The molecule has 0 aliphatic carbocycles. The van der Waals surface area contributed by atoms with Crippen molar-refractivity contribution in [3.8, 4) is 11.5 Å². The van der Waals surface area contributed by atoms with Gasteiger partial charge in [0.05, 0.1) is 25.5 Å². The third-order valence-electron chi connectivity index (χ3n) is 3.96. The zero-order chi connectivity index (χ0) is 17.8. The highest BCUT2D eigenvalue weighted by atomic mass is 16.5. The SMILES string of the molecule is COc1ccc(/C(C)=N/NC(=O)c2c[nH]c3ccccc23)c(OC)c1. The standard InChI is InChI=1S/C19H19N3O3/c1-12(14-9-8-13(24-2)10-18(14)25-3)21-22-19(23)16-11-20-17-7-5-4-6-15(16)17/h4-11,20H,1-3H3,(H,22,23)/b21-12+. The number of fused-ring (bicyclic) bond motifs is 1. The van der Waals surface area contributed by atoms with Gasteiger partial charge < -0.3 is 14.5 Å². The van der Waals surface area contributed by atoms with Crippen LogP contribution in [0.15, 0.2) is 53.8 Å². The van der Waals surface area contributed by atoms with Crippen molar-refractivity contribution < 1.29 is 14.3 Å². The Hall–Kier alpha value is -3.28. The third-order valence-corrected chi connectivity index (χ3v) is 3.96. The molecule has 0 unspecified atom stereocenters. The van der Waals surface area contributed by atoms with Gasteiger partial charge in [0.15, 0.2) is 0 Å². The van der Waals surface area contributed by atoms with Crippen molar-refractivity contribution in [2.45, 2.75) is 6.92 Å². The first-order valence-electron chi connectivity index (χ1n) is 7.77. The van der Waals surface area contributed by atoms with Gasteiger partial charge in [-0.05, 0) is 25.1 Å². The van der Waals surface area contributed by atoms with Gasteiger partial charge in [0.2, 0.25) is 0 Å². The fraction of sp³-hybridized carbons (Fsp3) is 0.158. The molecule has 3 rings (SSSR count). The van der Waals surface area contributed by atoms with Crippen molar-refractivity contribution in [2.24, 2.45) is 5.10 Å². The number of methoxy groups -OCH3 is 2. The number of aromatic nitrogens is 1. The number of hydrazone groups is 1. The zero-order valence-electron chi connectivity index (χ0n) is 14.3. The number of carbonyl (C=O) groups is 1. The summed E-state index contributed by atoms with van der Waals surface area (Å²) >= 11 is 0. The van der Waals surface area contributed by atoms with Crippen LogP contribution >= 0.6 is 0 Å². The van der Waals surface area contributed by atoms with Crippen molar-refractivity contribution in [1.82, 2.24) is 10.4 Å². The number of ether oxygens (including phenoxy) is 2. The van der Waals surface area contributed by atoms with Crippen molar-refractivity contribution in [1.29, 1.82) is 0 Å². The number of hydrogen-bond acceptors (Lipinski definition) is 4. The maximum Gasteiger partial charge on any atom is 0.273 e. The van der Waals surface area contributed by atoms with Crippen LogP contribution in [-0.2, 0) is 0 Å². The van der Waals surface area contributed by atoms with Gasteiger partial charge in [0.25, 0.3) is 5.91 Å². The summed E-state index contributed by atoms with van der Waals surface area (Å²) in [6.45, 7) is 1.81. The van der Waals surface area contributed by atoms with E-state index in [0.29, 0.717) is 22.8 Å². The second-order valence-corrected chi connectivity index (χ2v) is 5.45. The molecule has 1 aromatic heterocycles. The van der Waals surface area contributed by atoms with Crippen LogP contribution in [0.3, 0.4) is 0 Å². The van der Waals surface area contributed by atoms with Crippen LogP contribution in [0, 0.1) is 0 Å². The lowest BCUT2D eigenvalue weighted by Gasteiger charge is -2.10. The number of benzene rings is 2. The molecular formula is C19H19N3O3. The number of nitrogens with one attached hydrogen (secondary N) is 2. The van der Waals surface area contributed by atoms with E-state index in [-0.39, 0.29) is 5.91 Å². The summed E-state index contributed by atoms with van der Waals surface area (Å²) in [5.74, 6) is 1.04. The van der Waals surface area contributed by atoms with E-state index in [1.807, 2.05) is 36.4 Å². The molecule has 1 heterocycles. The minimum absolute atomic E-state index is 0.274. The van der Waals surface area contributed by atoms with Crippen LogP contribution in [0.1, 0.15) is 22.8 Å². The van der Waals surface area contributed by atoms with Crippen LogP contribution in [0.4, 0.5) is 0 Å². The van der Waals surface area contributed by atoms with E-state index in [0.717, 1.165) is 16.5 Å². The summed E-state index contributed by atoms with van der Waals surface area (Å²) in [7, 11) is 3.17. The monoisotopic (exact) mass is 337 g/mol. The summed E-state index contributed by atoms with van der Waals surface area (Å²) in [5.41, 5.74) is 5.47. The molecular weight excluding hydrogens is 318 g/mol. The number of aromatic amines is 1. The Kier molecular flexibility index (Phi) is 4.70. The molecule has 6 nitrogen and oxygen atoms in total. The summed E-state index contributed by atoms with van der Waals surface area (Å²) in [6, 6.07) is 13.1. The summed E-state index contributed by atoms with van der Waals surface area (Å²) in [6.07, 6.45) is 1.68. The molecule has 0 saturated heterocycles. The Morgan fingerprint density at radius 2 is 1.88 bits per heavy atom. The molecule has 25 heavy (non-hydrogen) atoms. The fourth-order valence-electron chi connectivity index (χ4n) is 2.61. The molecule has 6 heteroatoms. The number of hydrogen-bond donors (Lipinski definition) is 2. The number of carbonyl (C=O) groups excluding carboxylic acids is 1. The Morgan fingerprint density at radius 1 is 1.08 bits per heavy atom. The molecule has 0 aliphatic rings. The Bertz CT molecular complexity index is 944. The minimum atomic E-state index is -0.274. The molecule has 0 fully saturated rings. The van der Waals surface area contributed by atoms with Gasteiger partial charge >= 0.3 is 0 Å². The summed E-state index contributed by atoms with van der Waals surface area (Å²) in [4.78, 5) is 15.5. The third kappa shape index (κ3) is 3.33. The first-order valence-corrected chi connectivity index (χ1v) is 7.77. The second kappa shape index (κ2) is 7.09. The number of para-hydroxylation sites is 1. The maximum atomic E-state index is 12.4. The summed E-state index contributed by atoms with van der Waals surface area (Å²) < 4.78 is 10.6. The number of H-pyrrole nitrogens is 1. The number of amides is 1. The van der Waals surface area contributed by atoms with E-state index in [9.17, 15) is 4.79 Å². The van der Waals surface area contributed by atoms with E-state index in [1.165, 1.54) is 0 Å². The lowest BCUT2D eigenvalue weighted by atomic mass is 10.1. The molecule has 2 aromatic carbocycles. The average molecular weight is 337 g/mol. The number of nitrogens with zero attached hydrogens (tertiary/aromatic N) is 1. The predicted octanol–water partition coefficient (Wildman–Crippen LogP) is 3.34. The van der Waals surface area contributed by atoms with Gasteiger partial charge in [0, 0.05) is 28.7 Å². The van der Waals surface area contributed by atoms with E-state index in [1.54, 1.807) is 33.4 Å². The van der Waals surface area contributed by atoms with Crippen molar-refractivity contribution in [2.75, 3.05) is 14.2 Å². The molecule has 0 spiro atoms. The lowest BCUT2D eigenvalue weighted by molar-refractivity contribution is 0.0956. The molecule has 2 N–H and O–H groups in total. The van der Waals surface area contributed by atoms with Crippen LogP contribution < -0.4 is 14.9 Å². The first kappa shape index (κ1) is 16.6. The molecule has 3 aromatic rings. The van der Waals surface area contributed by atoms with Crippen molar-refractivity contribution in [3.05, 3.63) is 59.8 Å². The highest BCUT2D eigenvalue weighted by Gasteiger charge is 2.12.